The average Bonchev–Trinajstić information content (AvgIpc) is 3.05. The predicted molar refractivity (Wildman–Crippen MR) is 97.2 cm³/mol. The van der Waals surface area contributed by atoms with Crippen molar-refractivity contribution in [3.05, 3.63) is 53.0 Å². The number of hydrogen-bond donors (Lipinski definition) is 1. The largest absolute Gasteiger partial charge is 0.486 e. The lowest BCUT2D eigenvalue weighted by Crippen LogP contribution is -2.15. The van der Waals surface area contributed by atoms with Crippen LogP contribution in [0.3, 0.4) is 0 Å². The summed E-state index contributed by atoms with van der Waals surface area (Å²) in [5.41, 5.74) is 2.41. The van der Waals surface area contributed by atoms with Crippen LogP contribution in [-0.2, 0) is 4.79 Å². The first-order valence-corrected chi connectivity index (χ1v) is 8.69. The van der Waals surface area contributed by atoms with E-state index >= 15 is 0 Å². The standard InChI is InChI=1S/C19H15NO4S/c21-18(22)11-13(19-20-14-3-1-2-4-17(14)25-19)9-12-5-6-15-16(10-12)24-8-7-23-15/h1-6,9-10H,7-8,11H2,(H,21,22). The molecule has 0 saturated heterocycles. The molecule has 1 aliphatic rings. The molecule has 6 heteroatoms. The van der Waals surface area contributed by atoms with Gasteiger partial charge in [-0.05, 0) is 41.5 Å². The topological polar surface area (TPSA) is 68.7 Å². The molecule has 3 aromatic rings. The average molecular weight is 353 g/mol. The van der Waals surface area contributed by atoms with Crippen molar-refractivity contribution < 1.29 is 19.4 Å². The van der Waals surface area contributed by atoms with Gasteiger partial charge in [0.15, 0.2) is 11.5 Å². The van der Waals surface area contributed by atoms with Crippen molar-refractivity contribution >= 4 is 39.2 Å². The molecule has 0 fully saturated rings. The highest BCUT2D eigenvalue weighted by molar-refractivity contribution is 7.19. The van der Waals surface area contributed by atoms with E-state index in [4.69, 9.17) is 9.47 Å². The summed E-state index contributed by atoms with van der Waals surface area (Å²) >= 11 is 1.50. The number of ether oxygens (including phenoxy) is 2. The summed E-state index contributed by atoms with van der Waals surface area (Å²) in [7, 11) is 0. The summed E-state index contributed by atoms with van der Waals surface area (Å²) in [6.07, 6.45) is 1.76. The third-order valence-electron chi connectivity index (χ3n) is 3.82. The van der Waals surface area contributed by atoms with Crippen LogP contribution in [0, 0.1) is 0 Å². The molecule has 0 atom stereocenters. The van der Waals surface area contributed by atoms with Gasteiger partial charge < -0.3 is 14.6 Å². The van der Waals surface area contributed by atoms with Crippen LogP contribution in [0.5, 0.6) is 11.5 Å². The zero-order valence-corrected chi connectivity index (χ0v) is 14.1. The Balaban J connectivity index is 1.75. The molecule has 1 aliphatic heterocycles. The van der Waals surface area contributed by atoms with Gasteiger partial charge >= 0.3 is 5.97 Å². The molecule has 0 unspecified atom stereocenters. The minimum Gasteiger partial charge on any atom is -0.486 e. The summed E-state index contributed by atoms with van der Waals surface area (Å²) in [5.74, 6) is 0.505. The number of carboxylic acids is 1. The molecule has 25 heavy (non-hydrogen) atoms. The van der Waals surface area contributed by atoms with E-state index in [1.165, 1.54) is 11.3 Å². The van der Waals surface area contributed by atoms with Crippen LogP contribution in [0.15, 0.2) is 42.5 Å². The van der Waals surface area contributed by atoms with Gasteiger partial charge in [0.25, 0.3) is 0 Å². The number of para-hydroxylation sites is 1. The lowest BCUT2D eigenvalue weighted by atomic mass is 10.1. The number of hydrogen-bond acceptors (Lipinski definition) is 5. The van der Waals surface area contributed by atoms with E-state index in [0.717, 1.165) is 20.8 Å². The molecule has 0 amide bonds. The number of benzene rings is 2. The van der Waals surface area contributed by atoms with E-state index < -0.39 is 5.97 Å². The fraction of sp³-hybridized carbons (Fsp3) is 0.158. The fourth-order valence-electron chi connectivity index (χ4n) is 2.71. The summed E-state index contributed by atoms with van der Waals surface area (Å²) in [4.78, 5) is 15.9. The highest BCUT2D eigenvalue weighted by atomic mass is 32.1. The minimum absolute atomic E-state index is 0.0890. The summed E-state index contributed by atoms with van der Waals surface area (Å²) in [5, 5.41) is 10.0. The molecule has 0 aliphatic carbocycles. The maximum Gasteiger partial charge on any atom is 0.307 e. The van der Waals surface area contributed by atoms with Gasteiger partial charge in [0.1, 0.15) is 18.2 Å². The van der Waals surface area contributed by atoms with E-state index in [9.17, 15) is 9.90 Å². The second-order valence-electron chi connectivity index (χ2n) is 5.63. The van der Waals surface area contributed by atoms with Gasteiger partial charge in [0, 0.05) is 0 Å². The molecule has 1 aromatic heterocycles. The van der Waals surface area contributed by atoms with E-state index in [0.29, 0.717) is 30.3 Å². The Kier molecular flexibility index (Phi) is 4.11. The Labute approximate surface area is 148 Å². The van der Waals surface area contributed by atoms with Crippen molar-refractivity contribution in [2.45, 2.75) is 6.42 Å². The monoisotopic (exact) mass is 353 g/mol. The molecular weight excluding hydrogens is 338 g/mol. The summed E-state index contributed by atoms with van der Waals surface area (Å²) < 4.78 is 12.2. The van der Waals surface area contributed by atoms with Gasteiger partial charge in [0.2, 0.25) is 0 Å². The molecular formula is C19H15NO4S. The van der Waals surface area contributed by atoms with Crippen LogP contribution in [0.2, 0.25) is 0 Å². The quantitative estimate of drug-likeness (QED) is 0.765. The number of aliphatic carboxylic acids is 1. The molecule has 126 valence electrons. The van der Waals surface area contributed by atoms with Crippen molar-refractivity contribution in [3.8, 4) is 11.5 Å². The SMILES string of the molecule is O=C(O)CC(=Cc1ccc2c(c1)OCCO2)c1nc2ccccc2s1. The number of aromatic nitrogens is 1. The lowest BCUT2D eigenvalue weighted by molar-refractivity contribution is -0.135. The van der Waals surface area contributed by atoms with Crippen LogP contribution < -0.4 is 9.47 Å². The number of carbonyl (C=O) groups is 1. The van der Waals surface area contributed by atoms with Gasteiger partial charge in [0.05, 0.1) is 16.6 Å². The van der Waals surface area contributed by atoms with Gasteiger partial charge in [-0.1, -0.05) is 18.2 Å². The number of carboxylic acid groups (broad SMARTS) is 1. The van der Waals surface area contributed by atoms with Gasteiger partial charge in [-0.25, -0.2) is 4.98 Å². The molecule has 0 bridgehead atoms. The Morgan fingerprint density at radius 3 is 2.76 bits per heavy atom. The highest BCUT2D eigenvalue weighted by Gasteiger charge is 2.15. The van der Waals surface area contributed by atoms with Crippen molar-refractivity contribution in [1.82, 2.24) is 4.98 Å². The van der Waals surface area contributed by atoms with Gasteiger partial charge in [-0.2, -0.15) is 0 Å². The van der Waals surface area contributed by atoms with Crippen molar-refractivity contribution in [3.63, 3.8) is 0 Å². The maximum atomic E-state index is 11.3. The Bertz CT molecular complexity index is 943. The molecule has 2 aromatic carbocycles. The molecule has 0 saturated carbocycles. The molecule has 5 nitrogen and oxygen atoms in total. The van der Waals surface area contributed by atoms with Crippen molar-refractivity contribution in [1.29, 1.82) is 0 Å². The molecule has 1 N–H and O–H groups in total. The van der Waals surface area contributed by atoms with Crippen LogP contribution in [0.1, 0.15) is 17.0 Å². The van der Waals surface area contributed by atoms with Crippen molar-refractivity contribution in [2.75, 3.05) is 13.2 Å². The maximum absolute atomic E-state index is 11.3. The fourth-order valence-corrected chi connectivity index (χ4v) is 3.69. The molecule has 2 heterocycles. The third kappa shape index (κ3) is 3.34. The highest BCUT2D eigenvalue weighted by Crippen LogP contribution is 2.34. The normalized spacial score (nSPS) is 13.8. The van der Waals surface area contributed by atoms with Crippen LogP contribution in [0.25, 0.3) is 21.9 Å². The number of fused-ring (bicyclic) bond motifs is 2. The molecule has 0 spiro atoms. The number of thiazole rings is 1. The first-order chi connectivity index (χ1) is 12.2. The van der Waals surface area contributed by atoms with Gasteiger partial charge in [-0.15, -0.1) is 11.3 Å². The van der Waals surface area contributed by atoms with Crippen LogP contribution in [-0.4, -0.2) is 29.3 Å². The van der Waals surface area contributed by atoms with Crippen molar-refractivity contribution in [2.24, 2.45) is 0 Å². The van der Waals surface area contributed by atoms with Crippen LogP contribution >= 0.6 is 11.3 Å². The zero-order valence-electron chi connectivity index (χ0n) is 13.3. The Morgan fingerprint density at radius 2 is 1.96 bits per heavy atom. The van der Waals surface area contributed by atoms with E-state index in [-0.39, 0.29) is 6.42 Å². The second kappa shape index (κ2) is 6.57. The second-order valence-corrected chi connectivity index (χ2v) is 6.66. The third-order valence-corrected chi connectivity index (χ3v) is 4.93. The smallest absolute Gasteiger partial charge is 0.307 e. The number of rotatable bonds is 4. The predicted octanol–water partition coefficient (Wildman–Crippen LogP) is 4.08. The summed E-state index contributed by atoms with van der Waals surface area (Å²) in [6, 6.07) is 13.4. The van der Waals surface area contributed by atoms with Gasteiger partial charge in [-0.3, -0.25) is 4.79 Å². The first kappa shape index (κ1) is 15.7. The molecule has 0 radical (unpaired) electrons. The van der Waals surface area contributed by atoms with E-state index in [2.05, 4.69) is 4.98 Å². The van der Waals surface area contributed by atoms with Crippen LogP contribution in [0.4, 0.5) is 0 Å². The minimum atomic E-state index is -0.886. The molecule has 4 rings (SSSR count). The lowest BCUT2D eigenvalue weighted by Gasteiger charge is -2.18. The zero-order chi connectivity index (χ0) is 17.2. The summed E-state index contributed by atoms with van der Waals surface area (Å²) in [6.45, 7) is 1.05. The Hall–Kier alpha value is -2.86. The Morgan fingerprint density at radius 1 is 1.16 bits per heavy atom. The van der Waals surface area contributed by atoms with E-state index in [1.54, 1.807) is 0 Å². The first-order valence-electron chi connectivity index (χ1n) is 7.87. The van der Waals surface area contributed by atoms with E-state index in [1.807, 2.05) is 48.5 Å². The number of nitrogens with zero attached hydrogens (tertiary/aromatic N) is 1.